The highest BCUT2D eigenvalue weighted by molar-refractivity contribution is 6.05. The quantitative estimate of drug-likeness (QED) is 0.801. The number of benzene rings is 1. The van der Waals surface area contributed by atoms with E-state index in [9.17, 15) is 4.79 Å². The largest absolute Gasteiger partial charge is 0.466 e. The van der Waals surface area contributed by atoms with Gasteiger partial charge in [0.2, 0.25) is 0 Å². The minimum atomic E-state index is -0.183. The Hall–Kier alpha value is -2.89. The van der Waals surface area contributed by atoms with Crippen LogP contribution >= 0.6 is 0 Å². The highest BCUT2D eigenvalue weighted by Crippen LogP contribution is 2.17. The fourth-order valence-electron chi connectivity index (χ4n) is 2.09. The molecule has 6 heteroatoms. The Bertz CT molecular complexity index is 758. The minimum Gasteiger partial charge on any atom is -0.466 e. The Labute approximate surface area is 121 Å². The molecular formula is C15H14N4O2. The fraction of sp³-hybridized carbons (Fsp3) is 0.133. The molecule has 0 fully saturated rings. The summed E-state index contributed by atoms with van der Waals surface area (Å²) < 4.78 is 7.01. The summed E-state index contributed by atoms with van der Waals surface area (Å²) in [5, 5.41) is 6.89. The SMILES string of the molecule is Cc1cc(C(=O)Nc2ccc(-n3cncn3)cc2)c(C)o1. The van der Waals surface area contributed by atoms with E-state index in [0.29, 0.717) is 17.0 Å². The van der Waals surface area contributed by atoms with Crippen LogP contribution < -0.4 is 5.32 Å². The third kappa shape index (κ3) is 2.69. The van der Waals surface area contributed by atoms with Crippen LogP contribution in [0.2, 0.25) is 0 Å². The molecule has 2 heterocycles. The van der Waals surface area contributed by atoms with Crippen LogP contribution in [-0.4, -0.2) is 20.7 Å². The average Bonchev–Trinajstić information content (AvgIpc) is 3.09. The normalized spacial score (nSPS) is 10.6. The number of hydrogen-bond donors (Lipinski definition) is 1. The number of carbonyl (C=O) groups excluding carboxylic acids is 1. The van der Waals surface area contributed by atoms with E-state index in [1.807, 2.05) is 31.2 Å². The van der Waals surface area contributed by atoms with E-state index in [1.165, 1.54) is 6.33 Å². The number of carbonyl (C=O) groups is 1. The molecule has 1 amide bonds. The molecular weight excluding hydrogens is 268 g/mol. The molecule has 0 radical (unpaired) electrons. The highest BCUT2D eigenvalue weighted by atomic mass is 16.3. The van der Waals surface area contributed by atoms with Crippen molar-refractivity contribution < 1.29 is 9.21 Å². The van der Waals surface area contributed by atoms with Gasteiger partial charge in [0.1, 0.15) is 24.2 Å². The number of nitrogens with zero attached hydrogens (tertiary/aromatic N) is 3. The molecule has 0 aliphatic heterocycles. The summed E-state index contributed by atoms with van der Waals surface area (Å²) in [6.45, 7) is 3.59. The summed E-state index contributed by atoms with van der Waals surface area (Å²) in [6.07, 6.45) is 3.09. The zero-order chi connectivity index (χ0) is 14.8. The fourth-order valence-corrected chi connectivity index (χ4v) is 2.09. The monoisotopic (exact) mass is 282 g/mol. The lowest BCUT2D eigenvalue weighted by Gasteiger charge is -2.06. The van der Waals surface area contributed by atoms with E-state index >= 15 is 0 Å². The van der Waals surface area contributed by atoms with Crippen molar-refractivity contribution in [2.24, 2.45) is 0 Å². The number of anilines is 1. The molecule has 3 aromatic rings. The van der Waals surface area contributed by atoms with E-state index in [4.69, 9.17) is 4.42 Å². The summed E-state index contributed by atoms with van der Waals surface area (Å²) in [5.41, 5.74) is 2.14. The summed E-state index contributed by atoms with van der Waals surface area (Å²) in [6, 6.07) is 9.08. The molecule has 0 saturated heterocycles. The second kappa shape index (κ2) is 5.24. The first-order valence-corrected chi connectivity index (χ1v) is 6.47. The maximum atomic E-state index is 12.2. The Balaban J connectivity index is 1.76. The smallest absolute Gasteiger partial charge is 0.259 e. The summed E-state index contributed by atoms with van der Waals surface area (Å²) in [5.74, 6) is 1.15. The van der Waals surface area contributed by atoms with Gasteiger partial charge in [-0.05, 0) is 44.2 Å². The van der Waals surface area contributed by atoms with Gasteiger partial charge >= 0.3 is 0 Å². The molecule has 0 aliphatic rings. The highest BCUT2D eigenvalue weighted by Gasteiger charge is 2.13. The van der Waals surface area contributed by atoms with Crippen LogP contribution in [0.15, 0.2) is 47.4 Å². The van der Waals surface area contributed by atoms with Crippen molar-refractivity contribution in [3.63, 3.8) is 0 Å². The third-order valence-corrected chi connectivity index (χ3v) is 3.09. The number of nitrogens with one attached hydrogen (secondary N) is 1. The lowest BCUT2D eigenvalue weighted by Crippen LogP contribution is -2.12. The molecule has 1 N–H and O–H groups in total. The molecule has 3 rings (SSSR count). The molecule has 0 aliphatic carbocycles. The second-order valence-corrected chi connectivity index (χ2v) is 4.67. The molecule has 1 aromatic carbocycles. The van der Waals surface area contributed by atoms with Crippen molar-refractivity contribution in [1.29, 1.82) is 0 Å². The number of amides is 1. The Kier molecular flexibility index (Phi) is 3.27. The van der Waals surface area contributed by atoms with Gasteiger partial charge in [-0.2, -0.15) is 5.10 Å². The van der Waals surface area contributed by atoms with Crippen molar-refractivity contribution in [3.05, 3.63) is 60.1 Å². The van der Waals surface area contributed by atoms with Crippen molar-refractivity contribution >= 4 is 11.6 Å². The van der Waals surface area contributed by atoms with Crippen LogP contribution in [-0.2, 0) is 0 Å². The molecule has 6 nitrogen and oxygen atoms in total. The van der Waals surface area contributed by atoms with Crippen LogP contribution in [0.4, 0.5) is 5.69 Å². The summed E-state index contributed by atoms with van der Waals surface area (Å²) in [4.78, 5) is 16.1. The molecule has 106 valence electrons. The van der Waals surface area contributed by atoms with E-state index in [0.717, 1.165) is 11.4 Å². The summed E-state index contributed by atoms with van der Waals surface area (Å²) >= 11 is 0. The minimum absolute atomic E-state index is 0.183. The summed E-state index contributed by atoms with van der Waals surface area (Å²) in [7, 11) is 0. The number of aryl methyl sites for hydroxylation is 2. The van der Waals surface area contributed by atoms with Crippen LogP contribution in [0.25, 0.3) is 5.69 Å². The van der Waals surface area contributed by atoms with Gasteiger partial charge in [-0.1, -0.05) is 0 Å². The maximum Gasteiger partial charge on any atom is 0.259 e. The first-order chi connectivity index (χ1) is 10.1. The molecule has 0 saturated carbocycles. The third-order valence-electron chi connectivity index (χ3n) is 3.09. The van der Waals surface area contributed by atoms with Crippen LogP contribution in [0.1, 0.15) is 21.9 Å². The maximum absolute atomic E-state index is 12.2. The van der Waals surface area contributed by atoms with Gasteiger partial charge in [0.05, 0.1) is 11.3 Å². The number of furan rings is 1. The van der Waals surface area contributed by atoms with E-state index in [2.05, 4.69) is 15.4 Å². The van der Waals surface area contributed by atoms with E-state index in [-0.39, 0.29) is 5.91 Å². The first-order valence-electron chi connectivity index (χ1n) is 6.47. The van der Waals surface area contributed by atoms with Gasteiger partial charge in [0, 0.05) is 5.69 Å². The van der Waals surface area contributed by atoms with Crippen LogP contribution in [0.5, 0.6) is 0 Å². The van der Waals surface area contributed by atoms with Crippen LogP contribution in [0.3, 0.4) is 0 Å². The second-order valence-electron chi connectivity index (χ2n) is 4.67. The Morgan fingerprint density at radius 1 is 1.24 bits per heavy atom. The topological polar surface area (TPSA) is 73.0 Å². The Morgan fingerprint density at radius 2 is 2.00 bits per heavy atom. The predicted molar refractivity (Wildman–Crippen MR) is 77.5 cm³/mol. The van der Waals surface area contributed by atoms with Crippen molar-refractivity contribution in [3.8, 4) is 5.69 Å². The zero-order valence-electron chi connectivity index (χ0n) is 11.7. The number of hydrogen-bond acceptors (Lipinski definition) is 4. The van der Waals surface area contributed by atoms with Gasteiger partial charge in [0.25, 0.3) is 5.91 Å². The van der Waals surface area contributed by atoms with Crippen molar-refractivity contribution in [2.45, 2.75) is 13.8 Å². The van der Waals surface area contributed by atoms with Crippen LogP contribution in [0, 0.1) is 13.8 Å². The van der Waals surface area contributed by atoms with Gasteiger partial charge in [-0.3, -0.25) is 4.79 Å². The van der Waals surface area contributed by atoms with Gasteiger partial charge in [-0.25, -0.2) is 9.67 Å². The number of rotatable bonds is 3. The lowest BCUT2D eigenvalue weighted by molar-refractivity contribution is 0.102. The van der Waals surface area contributed by atoms with Gasteiger partial charge in [0.15, 0.2) is 0 Å². The first kappa shape index (κ1) is 13.1. The Morgan fingerprint density at radius 3 is 2.57 bits per heavy atom. The molecule has 21 heavy (non-hydrogen) atoms. The molecule has 0 unspecified atom stereocenters. The molecule has 0 atom stereocenters. The van der Waals surface area contributed by atoms with Crippen molar-refractivity contribution in [2.75, 3.05) is 5.32 Å². The lowest BCUT2D eigenvalue weighted by atomic mass is 10.2. The molecule has 2 aromatic heterocycles. The molecule has 0 bridgehead atoms. The van der Waals surface area contributed by atoms with E-state index < -0.39 is 0 Å². The number of aromatic nitrogens is 3. The van der Waals surface area contributed by atoms with Gasteiger partial charge < -0.3 is 9.73 Å². The standard InChI is InChI=1S/C15H14N4O2/c1-10-7-14(11(2)21-10)15(20)18-12-3-5-13(6-4-12)19-9-16-8-17-19/h3-9H,1-2H3,(H,18,20). The van der Waals surface area contributed by atoms with Crippen molar-refractivity contribution in [1.82, 2.24) is 14.8 Å². The van der Waals surface area contributed by atoms with Gasteiger partial charge in [-0.15, -0.1) is 0 Å². The average molecular weight is 282 g/mol. The zero-order valence-corrected chi connectivity index (χ0v) is 11.7. The molecule has 0 spiro atoms. The predicted octanol–water partition coefficient (Wildman–Crippen LogP) is 2.73. The van der Waals surface area contributed by atoms with E-state index in [1.54, 1.807) is 24.0 Å².